The summed E-state index contributed by atoms with van der Waals surface area (Å²) in [4.78, 5) is 22.4. The summed E-state index contributed by atoms with van der Waals surface area (Å²) < 4.78 is 12.3. The zero-order chi connectivity index (χ0) is 17.8. The lowest BCUT2D eigenvalue weighted by atomic mass is 10.1. The zero-order valence-electron chi connectivity index (χ0n) is 14.3. The van der Waals surface area contributed by atoms with Crippen molar-refractivity contribution in [2.45, 2.75) is 6.54 Å². The second-order valence-electron chi connectivity index (χ2n) is 6.24. The molecular formula is C20H15N3O3. The van der Waals surface area contributed by atoms with Gasteiger partial charge in [-0.05, 0) is 36.4 Å². The molecule has 128 valence electrons. The van der Waals surface area contributed by atoms with E-state index in [-0.39, 0.29) is 5.56 Å². The van der Waals surface area contributed by atoms with Crippen LogP contribution in [0.3, 0.4) is 0 Å². The summed E-state index contributed by atoms with van der Waals surface area (Å²) in [6.45, 7) is 0.462. The lowest BCUT2D eigenvalue weighted by Crippen LogP contribution is -2.20. The van der Waals surface area contributed by atoms with Crippen molar-refractivity contribution in [1.29, 1.82) is 0 Å². The smallest absolute Gasteiger partial charge is 0.262 e. The summed E-state index contributed by atoms with van der Waals surface area (Å²) in [5.74, 6) is 1.95. The van der Waals surface area contributed by atoms with E-state index in [9.17, 15) is 4.79 Å². The average molecular weight is 345 g/mol. The maximum Gasteiger partial charge on any atom is 0.262 e. The molecule has 26 heavy (non-hydrogen) atoms. The van der Waals surface area contributed by atoms with Crippen molar-refractivity contribution in [3.63, 3.8) is 0 Å². The first-order valence-corrected chi connectivity index (χ1v) is 8.25. The van der Waals surface area contributed by atoms with E-state index >= 15 is 0 Å². The predicted molar refractivity (Wildman–Crippen MR) is 98.9 cm³/mol. The molecule has 0 bridgehead atoms. The molecule has 2 aromatic heterocycles. The van der Waals surface area contributed by atoms with E-state index in [1.807, 2.05) is 24.3 Å². The Balaban J connectivity index is 1.81. The Labute approximate surface area is 148 Å². The van der Waals surface area contributed by atoms with Crippen LogP contribution in [0.1, 0.15) is 5.56 Å². The van der Waals surface area contributed by atoms with Crippen LogP contribution in [0.25, 0.3) is 33.3 Å². The number of benzene rings is 2. The number of fused-ring (bicyclic) bond motifs is 5. The molecule has 0 amide bonds. The largest absolute Gasteiger partial charge is 0.497 e. The van der Waals surface area contributed by atoms with Gasteiger partial charge in [0.1, 0.15) is 22.7 Å². The van der Waals surface area contributed by atoms with E-state index in [1.54, 1.807) is 30.9 Å². The van der Waals surface area contributed by atoms with Gasteiger partial charge in [0.25, 0.3) is 5.56 Å². The highest BCUT2D eigenvalue weighted by Crippen LogP contribution is 2.33. The molecule has 5 rings (SSSR count). The second kappa shape index (κ2) is 5.29. The minimum Gasteiger partial charge on any atom is -0.497 e. The molecule has 0 radical (unpaired) electrons. The quantitative estimate of drug-likeness (QED) is 0.492. The molecule has 0 fully saturated rings. The first-order valence-electron chi connectivity index (χ1n) is 8.25. The van der Waals surface area contributed by atoms with Crippen LogP contribution in [0, 0.1) is 0 Å². The lowest BCUT2D eigenvalue weighted by molar-refractivity contribution is 0.415. The van der Waals surface area contributed by atoms with E-state index in [2.05, 4.69) is 6.07 Å². The average Bonchev–Trinajstić information content (AvgIpc) is 3.03. The highest BCUT2D eigenvalue weighted by atomic mass is 16.5. The first kappa shape index (κ1) is 14.9. The van der Waals surface area contributed by atoms with Gasteiger partial charge >= 0.3 is 0 Å². The topological polar surface area (TPSA) is 66.2 Å². The Bertz CT molecular complexity index is 1260. The Hall–Kier alpha value is -3.41. The highest BCUT2D eigenvalue weighted by Gasteiger charge is 2.25. The zero-order valence-corrected chi connectivity index (χ0v) is 14.3. The Kier molecular flexibility index (Phi) is 3.03. The summed E-state index contributed by atoms with van der Waals surface area (Å²) in [5, 5.41) is 1.53. The molecule has 0 saturated carbocycles. The summed E-state index contributed by atoms with van der Waals surface area (Å²) in [7, 11) is 3.22. The molecule has 6 nitrogen and oxygen atoms in total. The third kappa shape index (κ3) is 1.95. The summed E-state index contributed by atoms with van der Waals surface area (Å²) in [6.07, 6.45) is 0. The maximum atomic E-state index is 13.0. The Morgan fingerprint density at radius 1 is 1.04 bits per heavy atom. The van der Waals surface area contributed by atoms with Crippen LogP contribution < -0.4 is 15.0 Å². The van der Waals surface area contributed by atoms with Gasteiger partial charge < -0.3 is 9.47 Å². The fraction of sp³-hybridized carbons (Fsp3) is 0.150. The number of aromatic nitrogens is 3. The molecule has 0 spiro atoms. The molecule has 6 heteroatoms. The lowest BCUT2D eigenvalue weighted by Gasteiger charge is -2.08. The number of methoxy groups -OCH3 is 2. The molecule has 0 unspecified atom stereocenters. The van der Waals surface area contributed by atoms with Gasteiger partial charge in [-0.25, -0.2) is 9.97 Å². The fourth-order valence-electron chi connectivity index (χ4n) is 3.52. The molecule has 2 aromatic carbocycles. The number of para-hydroxylation sites is 1. The molecule has 0 saturated heterocycles. The minimum atomic E-state index is -0.0801. The van der Waals surface area contributed by atoms with Crippen LogP contribution >= 0.6 is 0 Å². The number of hydrogen-bond donors (Lipinski definition) is 0. The number of ether oxygens (including phenoxy) is 2. The first-order chi connectivity index (χ1) is 12.7. The van der Waals surface area contributed by atoms with Gasteiger partial charge in [-0.15, -0.1) is 0 Å². The van der Waals surface area contributed by atoms with Gasteiger partial charge in [-0.1, -0.05) is 6.07 Å². The SMILES string of the molecule is COc1ccc2nc3c(cc2c1)Cn1c-3nc2c(OC)cccc2c1=O. The van der Waals surface area contributed by atoms with Crippen molar-refractivity contribution >= 4 is 21.8 Å². The highest BCUT2D eigenvalue weighted by molar-refractivity contribution is 5.88. The van der Waals surface area contributed by atoms with Gasteiger partial charge in [0.2, 0.25) is 0 Å². The van der Waals surface area contributed by atoms with E-state index in [0.29, 0.717) is 29.0 Å². The fourth-order valence-corrected chi connectivity index (χ4v) is 3.52. The monoisotopic (exact) mass is 345 g/mol. The van der Waals surface area contributed by atoms with E-state index < -0.39 is 0 Å². The molecule has 1 aliphatic rings. The van der Waals surface area contributed by atoms with Gasteiger partial charge in [0.15, 0.2) is 5.82 Å². The molecule has 0 atom stereocenters. The third-order valence-electron chi connectivity index (χ3n) is 4.81. The number of rotatable bonds is 2. The molecule has 3 heterocycles. The standard InChI is InChI=1S/C20H15N3O3/c1-25-13-6-7-15-11(9-13)8-12-10-23-19(17(12)21-15)22-18-14(20(23)24)4-3-5-16(18)26-2/h3-9H,10H2,1-2H3. The molecule has 4 aromatic rings. The minimum absolute atomic E-state index is 0.0801. The second-order valence-corrected chi connectivity index (χ2v) is 6.24. The van der Waals surface area contributed by atoms with Crippen molar-refractivity contribution in [1.82, 2.24) is 14.5 Å². The third-order valence-corrected chi connectivity index (χ3v) is 4.81. The molecule has 0 aliphatic carbocycles. The summed E-state index contributed by atoms with van der Waals surface area (Å²) in [6, 6.07) is 13.2. The van der Waals surface area contributed by atoms with Crippen molar-refractivity contribution < 1.29 is 9.47 Å². The summed E-state index contributed by atoms with van der Waals surface area (Å²) in [5.41, 5.74) is 3.05. The maximum absolute atomic E-state index is 13.0. The van der Waals surface area contributed by atoms with Gasteiger partial charge in [0, 0.05) is 10.9 Å². The van der Waals surface area contributed by atoms with Crippen molar-refractivity contribution in [2.24, 2.45) is 0 Å². The van der Waals surface area contributed by atoms with Crippen LogP contribution in [0.4, 0.5) is 0 Å². The molecular weight excluding hydrogens is 330 g/mol. The van der Waals surface area contributed by atoms with Gasteiger partial charge in [-0.2, -0.15) is 0 Å². The number of hydrogen-bond acceptors (Lipinski definition) is 5. The Morgan fingerprint density at radius 3 is 2.73 bits per heavy atom. The van der Waals surface area contributed by atoms with E-state index in [0.717, 1.165) is 27.9 Å². The molecule has 0 N–H and O–H groups in total. The van der Waals surface area contributed by atoms with Crippen LogP contribution in [-0.2, 0) is 6.54 Å². The number of nitrogens with zero attached hydrogens (tertiary/aromatic N) is 3. The van der Waals surface area contributed by atoms with Crippen molar-refractivity contribution in [3.05, 3.63) is 58.4 Å². The van der Waals surface area contributed by atoms with E-state index in [1.165, 1.54) is 0 Å². The van der Waals surface area contributed by atoms with Crippen LogP contribution in [-0.4, -0.2) is 28.8 Å². The van der Waals surface area contributed by atoms with E-state index in [4.69, 9.17) is 19.4 Å². The van der Waals surface area contributed by atoms with Gasteiger partial charge in [0.05, 0.1) is 31.7 Å². The predicted octanol–water partition coefficient (Wildman–Crippen LogP) is 2.99. The number of pyridine rings is 1. The van der Waals surface area contributed by atoms with Crippen LogP contribution in [0.5, 0.6) is 11.5 Å². The van der Waals surface area contributed by atoms with Crippen molar-refractivity contribution in [3.8, 4) is 23.0 Å². The Morgan fingerprint density at radius 2 is 1.92 bits per heavy atom. The molecule has 1 aliphatic heterocycles. The summed E-state index contributed by atoms with van der Waals surface area (Å²) >= 11 is 0. The van der Waals surface area contributed by atoms with Gasteiger partial charge in [-0.3, -0.25) is 9.36 Å². The van der Waals surface area contributed by atoms with Crippen LogP contribution in [0.2, 0.25) is 0 Å². The normalized spacial score (nSPS) is 12.2. The van der Waals surface area contributed by atoms with Crippen molar-refractivity contribution in [2.75, 3.05) is 14.2 Å². The van der Waals surface area contributed by atoms with Crippen LogP contribution in [0.15, 0.2) is 47.3 Å².